The van der Waals surface area contributed by atoms with Crippen LogP contribution in [0, 0.1) is 0 Å². The van der Waals surface area contributed by atoms with E-state index in [1.54, 1.807) is 6.08 Å². The first kappa shape index (κ1) is 88.0. The molecule has 0 aliphatic carbocycles. The molecule has 2 fully saturated rings. The van der Waals surface area contributed by atoms with Crippen LogP contribution < -0.4 is 5.32 Å². The summed E-state index contributed by atoms with van der Waals surface area (Å²) < 4.78 is 22.9. The molecule has 0 aromatic heterocycles. The van der Waals surface area contributed by atoms with Crippen LogP contribution in [-0.2, 0) is 23.7 Å². The zero-order chi connectivity index (χ0) is 68.0. The van der Waals surface area contributed by atoms with Gasteiger partial charge in [0.1, 0.15) is 48.8 Å². The van der Waals surface area contributed by atoms with Crippen LogP contribution in [0.1, 0.15) is 361 Å². The van der Waals surface area contributed by atoms with E-state index in [0.29, 0.717) is 12.8 Å². The van der Waals surface area contributed by atoms with Gasteiger partial charge in [0, 0.05) is 6.42 Å². The monoisotopic (exact) mass is 1330 g/mol. The molecule has 552 valence electrons. The van der Waals surface area contributed by atoms with Gasteiger partial charge in [-0.15, -0.1) is 0 Å². The van der Waals surface area contributed by atoms with Crippen LogP contribution >= 0.6 is 0 Å². The number of carbonyl (C=O) groups excluding carboxylic acids is 1. The van der Waals surface area contributed by atoms with Crippen molar-refractivity contribution in [3.63, 3.8) is 0 Å². The highest BCUT2D eigenvalue weighted by atomic mass is 16.7. The molecule has 14 heteroatoms. The van der Waals surface area contributed by atoms with Gasteiger partial charge in [0.25, 0.3) is 0 Å². The molecule has 2 rings (SSSR count). The minimum atomic E-state index is -1.79. The summed E-state index contributed by atoms with van der Waals surface area (Å²) in [5.41, 5.74) is 0. The van der Waals surface area contributed by atoms with E-state index in [2.05, 4.69) is 55.6 Å². The molecule has 0 radical (unpaired) electrons. The van der Waals surface area contributed by atoms with Crippen molar-refractivity contribution >= 4 is 5.91 Å². The number of amides is 1. The summed E-state index contributed by atoms with van der Waals surface area (Å²) >= 11 is 0. The largest absolute Gasteiger partial charge is 0.394 e. The van der Waals surface area contributed by atoms with Crippen LogP contribution in [0.15, 0.2) is 48.6 Å². The summed E-state index contributed by atoms with van der Waals surface area (Å²) in [6.45, 7) is 2.83. The van der Waals surface area contributed by atoms with Crippen molar-refractivity contribution in [2.75, 3.05) is 19.8 Å². The minimum absolute atomic E-state index is 0.246. The lowest BCUT2D eigenvalue weighted by molar-refractivity contribution is -0.359. The Morgan fingerprint density at radius 3 is 1.04 bits per heavy atom. The smallest absolute Gasteiger partial charge is 0.220 e. The summed E-state index contributed by atoms with van der Waals surface area (Å²) in [4.78, 5) is 13.4. The van der Waals surface area contributed by atoms with Gasteiger partial charge in [-0.1, -0.05) is 332 Å². The summed E-state index contributed by atoms with van der Waals surface area (Å²) in [5.74, 6) is -0.246. The molecule has 2 aliphatic rings. The molecule has 2 aliphatic heterocycles. The lowest BCUT2D eigenvalue weighted by Crippen LogP contribution is -2.65. The second-order valence-electron chi connectivity index (χ2n) is 28.2. The highest BCUT2D eigenvalue weighted by Crippen LogP contribution is 2.30. The van der Waals surface area contributed by atoms with Crippen LogP contribution in [0.25, 0.3) is 0 Å². The molecule has 0 bridgehead atoms. The van der Waals surface area contributed by atoms with Crippen LogP contribution in [0.4, 0.5) is 0 Å². The quantitative estimate of drug-likeness (QED) is 0.0204. The highest BCUT2D eigenvalue weighted by Gasteiger charge is 2.51. The molecule has 2 saturated heterocycles. The number of hydrogen-bond donors (Lipinski definition) is 9. The molecular weight excluding hydrogens is 1180 g/mol. The maximum Gasteiger partial charge on any atom is 0.220 e. The summed E-state index contributed by atoms with van der Waals surface area (Å²) in [7, 11) is 0. The molecular formula is C80H149NO13. The third-order valence-corrected chi connectivity index (χ3v) is 19.5. The standard InChI is InChI=1S/C80H149NO13/c1-3-5-7-9-11-13-15-17-19-21-23-25-27-29-30-31-32-33-34-35-36-37-38-40-42-44-46-48-50-52-54-56-58-60-62-64-72(85)81-68(67-91-79-77(90)75(88)78(71(66-83)93-79)94-80-76(89)74(87)73(86)70(65-82)92-80)69(84)63-61-59-57-55-53-51-49-47-45-43-41-39-28-26-24-22-20-18-16-14-12-10-8-6-4-2/h21,23,45,47,53,55,61,63,68-71,73-80,82-84,86-90H,3-20,22,24-44,46,48-52,54,56-60,62,64-67H2,1-2H3,(H,81,85)/b23-21-,47-45+,55-53+,63-61+. The van der Waals surface area contributed by atoms with Crippen molar-refractivity contribution in [2.45, 2.75) is 434 Å². The normalized spacial score (nSPS) is 22.7. The molecule has 1 amide bonds. The zero-order valence-electron chi connectivity index (χ0n) is 60.5. The number of carbonyl (C=O) groups is 1. The van der Waals surface area contributed by atoms with Gasteiger partial charge in [0.05, 0.1) is 32.0 Å². The van der Waals surface area contributed by atoms with E-state index in [4.69, 9.17) is 18.9 Å². The number of aliphatic hydroxyl groups is 8. The van der Waals surface area contributed by atoms with Crippen molar-refractivity contribution in [2.24, 2.45) is 0 Å². The number of nitrogens with one attached hydrogen (secondary N) is 1. The number of rotatable bonds is 67. The van der Waals surface area contributed by atoms with Crippen molar-refractivity contribution in [1.82, 2.24) is 5.32 Å². The van der Waals surface area contributed by atoms with Gasteiger partial charge in [-0.3, -0.25) is 4.79 Å². The lowest BCUT2D eigenvalue weighted by atomic mass is 9.97. The van der Waals surface area contributed by atoms with Crippen molar-refractivity contribution in [3.05, 3.63) is 48.6 Å². The first-order valence-electron chi connectivity index (χ1n) is 39.9. The predicted molar refractivity (Wildman–Crippen MR) is 388 cm³/mol. The van der Waals surface area contributed by atoms with Crippen molar-refractivity contribution in [3.8, 4) is 0 Å². The van der Waals surface area contributed by atoms with Crippen molar-refractivity contribution < 1.29 is 64.6 Å². The Kier molecular flexibility index (Phi) is 60.3. The summed E-state index contributed by atoms with van der Waals surface area (Å²) in [6, 6.07) is -0.939. The molecule has 0 aromatic rings. The lowest BCUT2D eigenvalue weighted by Gasteiger charge is -2.46. The molecule has 94 heavy (non-hydrogen) atoms. The Morgan fingerprint density at radius 2 is 0.681 bits per heavy atom. The summed E-state index contributed by atoms with van der Waals surface area (Å²) in [5, 5.41) is 87.6. The van der Waals surface area contributed by atoms with E-state index in [-0.39, 0.29) is 18.9 Å². The predicted octanol–water partition coefficient (Wildman–Crippen LogP) is 17.8. The molecule has 14 nitrogen and oxygen atoms in total. The molecule has 12 atom stereocenters. The SMILES string of the molecule is CCCCCCCCCC/C=C\CCCCCCCCCCCCCCCCCCCCCCCCCC(=O)NC(COC1OC(CO)C(OC2OC(CO)C(O)C(O)C2O)C(O)C1O)C(O)/C=C/CC/C=C/CC/C=C/CCCCCCCCCCCCCCCCC. The Balaban J connectivity index is 1.62. The second-order valence-corrected chi connectivity index (χ2v) is 28.2. The van der Waals surface area contributed by atoms with E-state index in [0.717, 1.165) is 44.9 Å². The molecule has 12 unspecified atom stereocenters. The fraction of sp³-hybridized carbons (Fsp3) is 0.887. The van der Waals surface area contributed by atoms with Gasteiger partial charge in [-0.2, -0.15) is 0 Å². The molecule has 0 spiro atoms. The van der Waals surface area contributed by atoms with Crippen LogP contribution in [0.3, 0.4) is 0 Å². The Morgan fingerprint density at radius 1 is 0.372 bits per heavy atom. The topological polar surface area (TPSA) is 228 Å². The molecule has 0 saturated carbocycles. The van der Waals surface area contributed by atoms with E-state index in [9.17, 15) is 45.6 Å². The average Bonchev–Trinajstić information content (AvgIpc) is 0.794. The fourth-order valence-corrected chi connectivity index (χ4v) is 13.1. The van der Waals surface area contributed by atoms with E-state index < -0.39 is 86.8 Å². The first-order chi connectivity index (χ1) is 46.1. The molecule has 2 heterocycles. The van der Waals surface area contributed by atoms with Gasteiger partial charge in [-0.05, 0) is 70.6 Å². The Labute approximate surface area is 575 Å². The van der Waals surface area contributed by atoms with E-state index >= 15 is 0 Å². The number of aliphatic hydroxyl groups excluding tert-OH is 8. The van der Waals surface area contributed by atoms with Gasteiger partial charge in [0.2, 0.25) is 5.91 Å². The second kappa shape index (κ2) is 64.3. The van der Waals surface area contributed by atoms with Gasteiger partial charge >= 0.3 is 0 Å². The van der Waals surface area contributed by atoms with Crippen LogP contribution in [-0.4, -0.2) is 140 Å². The maximum atomic E-state index is 13.4. The summed E-state index contributed by atoms with van der Waals surface area (Å²) in [6.07, 6.45) is 69.2. The Hall–Kier alpha value is -2.05. The van der Waals surface area contributed by atoms with Gasteiger partial charge in [-0.25, -0.2) is 0 Å². The minimum Gasteiger partial charge on any atom is -0.394 e. The number of allylic oxidation sites excluding steroid dienone is 7. The maximum absolute atomic E-state index is 13.4. The van der Waals surface area contributed by atoms with Gasteiger partial charge < -0.3 is 65.1 Å². The van der Waals surface area contributed by atoms with Crippen molar-refractivity contribution in [1.29, 1.82) is 0 Å². The van der Waals surface area contributed by atoms with Gasteiger partial charge in [0.15, 0.2) is 12.6 Å². The number of hydrogen-bond acceptors (Lipinski definition) is 13. The van der Waals surface area contributed by atoms with E-state index in [1.165, 1.54) is 283 Å². The zero-order valence-corrected chi connectivity index (χ0v) is 60.5. The molecule has 9 N–H and O–H groups in total. The first-order valence-corrected chi connectivity index (χ1v) is 39.9. The fourth-order valence-electron chi connectivity index (χ4n) is 13.1. The van der Waals surface area contributed by atoms with E-state index in [1.807, 2.05) is 6.08 Å². The number of unbranched alkanes of at least 4 members (excludes halogenated alkanes) is 48. The van der Waals surface area contributed by atoms with Crippen LogP contribution in [0.2, 0.25) is 0 Å². The van der Waals surface area contributed by atoms with Crippen LogP contribution in [0.5, 0.6) is 0 Å². The Bertz CT molecular complexity index is 1760. The third-order valence-electron chi connectivity index (χ3n) is 19.5. The highest BCUT2D eigenvalue weighted by molar-refractivity contribution is 5.76. The third kappa shape index (κ3) is 47.1. The number of ether oxygens (including phenoxy) is 4. The average molecular weight is 1330 g/mol. The molecule has 0 aromatic carbocycles.